The summed E-state index contributed by atoms with van der Waals surface area (Å²) in [7, 11) is 0. The highest BCUT2D eigenvalue weighted by atomic mass is 15.1. The van der Waals surface area contributed by atoms with Crippen LogP contribution in [-0.4, -0.2) is 28.9 Å². The molecule has 0 amide bonds. The van der Waals surface area contributed by atoms with Gasteiger partial charge in [-0.3, -0.25) is 4.99 Å². The molecule has 4 heteroatoms. The second kappa shape index (κ2) is 5.79. The lowest BCUT2D eigenvalue weighted by Crippen LogP contribution is -2.20. The quantitative estimate of drug-likeness (QED) is 0.844. The van der Waals surface area contributed by atoms with Crippen LogP contribution < -0.4 is 5.32 Å². The monoisotopic (exact) mass is 278 g/mol. The summed E-state index contributed by atoms with van der Waals surface area (Å²) >= 11 is 0. The first-order valence-electron chi connectivity index (χ1n) is 7.06. The molecule has 0 unspecified atom stereocenters. The normalized spacial score (nSPS) is 16.0. The molecule has 106 valence electrons. The standard InChI is InChI=1S/C17H18N4/c1-3-7-13(16-18-10-11-19-16)12(4-2)17-20-14-8-5-6-9-15(14)21-17/h3-9H,2,10-11H2,1H3,(H,18,19)(H,20,21)/b7-3-,13-12-. The van der Waals surface area contributed by atoms with Crippen LogP contribution in [-0.2, 0) is 0 Å². The third kappa shape index (κ3) is 2.52. The number of amidine groups is 1. The molecule has 0 saturated heterocycles. The number of rotatable bonds is 4. The summed E-state index contributed by atoms with van der Waals surface area (Å²) in [5, 5.41) is 3.31. The summed E-state index contributed by atoms with van der Waals surface area (Å²) in [5.74, 6) is 1.72. The Morgan fingerprint density at radius 3 is 2.81 bits per heavy atom. The molecule has 1 aromatic carbocycles. The Labute approximate surface area is 124 Å². The van der Waals surface area contributed by atoms with Crippen molar-refractivity contribution in [1.29, 1.82) is 0 Å². The van der Waals surface area contributed by atoms with E-state index in [0.717, 1.165) is 46.9 Å². The second-order valence-corrected chi connectivity index (χ2v) is 4.79. The van der Waals surface area contributed by atoms with Crippen molar-refractivity contribution in [3.63, 3.8) is 0 Å². The van der Waals surface area contributed by atoms with Gasteiger partial charge in [0, 0.05) is 17.7 Å². The van der Waals surface area contributed by atoms with Crippen molar-refractivity contribution < 1.29 is 0 Å². The van der Waals surface area contributed by atoms with Crippen molar-refractivity contribution in [3.8, 4) is 0 Å². The topological polar surface area (TPSA) is 53.1 Å². The Bertz CT molecular complexity index is 729. The van der Waals surface area contributed by atoms with Crippen molar-refractivity contribution in [3.05, 3.63) is 60.5 Å². The fourth-order valence-corrected chi connectivity index (χ4v) is 2.46. The molecule has 0 radical (unpaired) electrons. The molecule has 1 aliphatic heterocycles. The van der Waals surface area contributed by atoms with E-state index in [2.05, 4.69) is 26.9 Å². The zero-order chi connectivity index (χ0) is 14.7. The summed E-state index contributed by atoms with van der Waals surface area (Å²) in [4.78, 5) is 12.5. The molecule has 0 saturated carbocycles. The molecule has 21 heavy (non-hydrogen) atoms. The van der Waals surface area contributed by atoms with E-state index >= 15 is 0 Å². The number of imidazole rings is 1. The number of hydrogen-bond donors (Lipinski definition) is 2. The van der Waals surface area contributed by atoms with Crippen LogP contribution >= 0.6 is 0 Å². The number of nitrogens with one attached hydrogen (secondary N) is 2. The lowest BCUT2D eigenvalue weighted by molar-refractivity contribution is 0.960. The average Bonchev–Trinajstić information content (AvgIpc) is 3.16. The van der Waals surface area contributed by atoms with Crippen molar-refractivity contribution in [2.75, 3.05) is 13.1 Å². The number of para-hydroxylation sites is 2. The van der Waals surface area contributed by atoms with Gasteiger partial charge in [0.15, 0.2) is 0 Å². The molecule has 0 aliphatic carbocycles. The fourth-order valence-electron chi connectivity index (χ4n) is 2.46. The molecule has 4 nitrogen and oxygen atoms in total. The lowest BCUT2D eigenvalue weighted by Gasteiger charge is -2.08. The number of aromatic nitrogens is 2. The van der Waals surface area contributed by atoms with E-state index < -0.39 is 0 Å². The van der Waals surface area contributed by atoms with Crippen molar-refractivity contribution in [1.82, 2.24) is 15.3 Å². The van der Waals surface area contributed by atoms with E-state index in [4.69, 9.17) is 0 Å². The smallest absolute Gasteiger partial charge is 0.139 e. The maximum atomic E-state index is 4.66. The van der Waals surface area contributed by atoms with E-state index in [-0.39, 0.29) is 0 Å². The molecule has 2 heterocycles. The molecular weight excluding hydrogens is 260 g/mol. The molecule has 0 atom stereocenters. The van der Waals surface area contributed by atoms with E-state index in [1.54, 1.807) is 0 Å². The predicted molar refractivity (Wildman–Crippen MR) is 88.3 cm³/mol. The number of aliphatic imine (C=N–C) groups is 1. The number of aromatic amines is 1. The number of allylic oxidation sites excluding steroid dienone is 3. The molecule has 1 aliphatic rings. The van der Waals surface area contributed by atoms with Crippen LogP contribution in [0, 0.1) is 0 Å². The maximum Gasteiger partial charge on any atom is 0.139 e. The first-order chi connectivity index (χ1) is 10.3. The summed E-state index contributed by atoms with van der Waals surface area (Å²) in [6.45, 7) is 7.62. The van der Waals surface area contributed by atoms with Gasteiger partial charge in [-0.05, 0) is 19.1 Å². The summed E-state index contributed by atoms with van der Waals surface area (Å²) in [6.07, 6.45) is 5.88. The Morgan fingerprint density at radius 2 is 2.14 bits per heavy atom. The van der Waals surface area contributed by atoms with Gasteiger partial charge in [-0.2, -0.15) is 0 Å². The van der Waals surface area contributed by atoms with Crippen LogP contribution in [0.4, 0.5) is 0 Å². The van der Waals surface area contributed by atoms with Crippen molar-refractivity contribution in [2.24, 2.45) is 4.99 Å². The van der Waals surface area contributed by atoms with E-state index in [9.17, 15) is 0 Å². The summed E-state index contributed by atoms with van der Waals surface area (Å²) < 4.78 is 0. The first-order valence-corrected chi connectivity index (χ1v) is 7.06. The SMILES string of the molecule is C=C/C(=C(\C=C/C)C1=NCCN1)c1nc2ccccc2[nH]1. The highest BCUT2D eigenvalue weighted by molar-refractivity contribution is 6.09. The van der Waals surface area contributed by atoms with Crippen LogP contribution in [0.5, 0.6) is 0 Å². The van der Waals surface area contributed by atoms with Gasteiger partial charge in [0.05, 0.1) is 17.6 Å². The highest BCUT2D eigenvalue weighted by Crippen LogP contribution is 2.22. The average molecular weight is 278 g/mol. The zero-order valence-corrected chi connectivity index (χ0v) is 12.1. The van der Waals surface area contributed by atoms with E-state index in [1.165, 1.54) is 0 Å². The predicted octanol–water partition coefficient (Wildman–Crippen LogP) is 3.08. The van der Waals surface area contributed by atoms with Crippen LogP contribution in [0.1, 0.15) is 12.7 Å². The Kier molecular flexibility index (Phi) is 3.69. The third-order valence-electron chi connectivity index (χ3n) is 3.40. The second-order valence-electron chi connectivity index (χ2n) is 4.79. The third-order valence-corrected chi connectivity index (χ3v) is 3.40. The summed E-state index contributed by atoms with van der Waals surface area (Å²) in [6, 6.07) is 8.00. The Morgan fingerprint density at radius 1 is 1.29 bits per heavy atom. The van der Waals surface area contributed by atoms with Crippen molar-refractivity contribution >= 4 is 22.4 Å². The van der Waals surface area contributed by atoms with Crippen LogP contribution in [0.2, 0.25) is 0 Å². The van der Waals surface area contributed by atoms with E-state index in [1.807, 2.05) is 49.4 Å². The summed E-state index contributed by atoms with van der Waals surface area (Å²) in [5.41, 5.74) is 3.95. The molecule has 0 bridgehead atoms. The largest absolute Gasteiger partial charge is 0.368 e. The van der Waals surface area contributed by atoms with Crippen LogP contribution in [0.3, 0.4) is 0 Å². The van der Waals surface area contributed by atoms with Gasteiger partial charge < -0.3 is 10.3 Å². The fraction of sp³-hybridized carbons (Fsp3) is 0.176. The van der Waals surface area contributed by atoms with Gasteiger partial charge in [0.2, 0.25) is 0 Å². The van der Waals surface area contributed by atoms with Gasteiger partial charge >= 0.3 is 0 Å². The minimum Gasteiger partial charge on any atom is -0.368 e. The van der Waals surface area contributed by atoms with Gasteiger partial charge in [-0.15, -0.1) is 0 Å². The van der Waals surface area contributed by atoms with Crippen LogP contribution in [0.15, 0.2) is 59.6 Å². The number of hydrogen-bond acceptors (Lipinski definition) is 3. The van der Waals surface area contributed by atoms with E-state index in [0.29, 0.717) is 0 Å². The number of H-pyrrole nitrogens is 1. The molecule has 0 fully saturated rings. The Balaban J connectivity index is 2.17. The van der Waals surface area contributed by atoms with Gasteiger partial charge in [-0.25, -0.2) is 4.98 Å². The minimum absolute atomic E-state index is 0.806. The molecule has 3 rings (SSSR count). The molecular formula is C17H18N4. The first kappa shape index (κ1) is 13.4. The van der Waals surface area contributed by atoms with Gasteiger partial charge in [0.1, 0.15) is 11.7 Å². The van der Waals surface area contributed by atoms with Gasteiger partial charge in [0.25, 0.3) is 0 Å². The molecule has 0 spiro atoms. The number of fused-ring (bicyclic) bond motifs is 1. The molecule has 1 aromatic heterocycles. The molecule has 2 N–H and O–H groups in total. The number of nitrogens with zero attached hydrogens (tertiary/aromatic N) is 2. The minimum atomic E-state index is 0.806. The van der Waals surface area contributed by atoms with Gasteiger partial charge in [-0.1, -0.05) is 36.9 Å². The van der Waals surface area contributed by atoms with Crippen LogP contribution in [0.25, 0.3) is 16.6 Å². The van der Waals surface area contributed by atoms with Crippen molar-refractivity contribution in [2.45, 2.75) is 6.92 Å². The lowest BCUT2D eigenvalue weighted by atomic mass is 10.1. The number of benzene rings is 1. The zero-order valence-electron chi connectivity index (χ0n) is 12.1. The highest BCUT2D eigenvalue weighted by Gasteiger charge is 2.15. The maximum absolute atomic E-state index is 4.66. The Hall–Kier alpha value is -2.62. The molecule has 2 aromatic rings.